The first kappa shape index (κ1) is 104. The van der Waals surface area contributed by atoms with Crippen LogP contribution in [0.15, 0.2) is 225 Å². The van der Waals surface area contributed by atoms with Gasteiger partial charge in [-0.2, -0.15) is 0 Å². The molecule has 1 aromatic heterocycles. The zero-order valence-electron chi connectivity index (χ0n) is 67.0. The zero-order valence-corrected chi connectivity index (χ0v) is 67.0. The summed E-state index contributed by atoms with van der Waals surface area (Å²) in [5.74, 6) is 4.57. The first-order chi connectivity index (χ1) is 47.9. The molecule has 106 heavy (non-hydrogen) atoms. The minimum atomic E-state index is -0.380. The van der Waals surface area contributed by atoms with Crippen LogP contribution in [0.3, 0.4) is 0 Å². The Balaban J connectivity index is -0.000000543. The normalized spacial score (nSPS) is 10.0. The molecule has 584 valence electrons. The Morgan fingerprint density at radius 3 is 0.953 bits per heavy atom. The average molecular weight is 1460 g/mol. The van der Waals surface area contributed by atoms with Crippen LogP contribution in [-0.4, -0.2) is 15.2 Å². The van der Waals surface area contributed by atoms with E-state index >= 15 is 0 Å². The maximum absolute atomic E-state index is 13.1. The van der Waals surface area contributed by atoms with Gasteiger partial charge in [0, 0.05) is 11.9 Å². The lowest BCUT2D eigenvalue weighted by Gasteiger charge is -2.07. The van der Waals surface area contributed by atoms with Crippen LogP contribution in [0.1, 0.15) is 317 Å². The van der Waals surface area contributed by atoms with Crippen LogP contribution < -0.4 is 0 Å². The lowest BCUT2D eigenvalue weighted by atomic mass is 9.99. The van der Waals surface area contributed by atoms with Gasteiger partial charge in [0.25, 0.3) is 0 Å². The summed E-state index contributed by atoms with van der Waals surface area (Å²) in [7, 11) is 0. The summed E-state index contributed by atoms with van der Waals surface area (Å²) < 4.78 is 51.3. The van der Waals surface area contributed by atoms with Gasteiger partial charge in [-0.15, -0.1) is 0 Å². The largest absolute Gasteiger partial charge is 0.508 e. The van der Waals surface area contributed by atoms with Crippen molar-refractivity contribution in [3.63, 3.8) is 0 Å². The first-order valence-corrected chi connectivity index (χ1v) is 36.6. The van der Waals surface area contributed by atoms with Crippen LogP contribution in [0.4, 0.5) is 17.6 Å². The molecule has 0 aliphatic heterocycles. The molecule has 10 aromatic rings. The van der Waals surface area contributed by atoms with E-state index in [0.29, 0.717) is 58.5 Å². The molecule has 0 fully saturated rings. The molecule has 2 N–H and O–H groups in total. The van der Waals surface area contributed by atoms with Crippen molar-refractivity contribution in [3.05, 3.63) is 337 Å². The third-order valence-electron chi connectivity index (χ3n) is 16.6. The Hall–Kier alpha value is -8.55. The molecule has 0 aliphatic carbocycles. The molecule has 9 aromatic carbocycles. The fraction of sp³-hybridized carbons (Fsp3) is 0.404. The maximum Gasteiger partial charge on any atom is 0.126 e. The topological polar surface area (TPSA) is 53.4 Å². The summed E-state index contributed by atoms with van der Waals surface area (Å²) in [6, 6.07) is 69.4. The Morgan fingerprint density at radius 2 is 0.623 bits per heavy atom. The number of nitrogens with zero attached hydrogens (tertiary/aromatic N) is 1. The second kappa shape index (κ2) is 55.8. The third kappa shape index (κ3) is 43.2. The van der Waals surface area contributed by atoms with Crippen molar-refractivity contribution in [2.24, 2.45) is 0 Å². The van der Waals surface area contributed by atoms with Crippen molar-refractivity contribution < 1.29 is 27.8 Å². The second-order valence-corrected chi connectivity index (χ2v) is 29.2. The molecular weight excluding hydrogens is 1310 g/mol. The summed E-state index contributed by atoms with van der Waals surface area (Å²) in [6.07, 6.45) is 1.87. The molecular formula is C99H143F4NO2. The van der Waals surface area contributed by atoms with Crippen LogP contribution in [0.5, 0.6) is 11.5 Å². The molecule has 0 saturated carbocycles. The molecule has 1 heterocycles. The quantitative estimate of drug-likeness (QED) is 0.134. The van der Waals surface area contributed by atoms with Gasteiger partial charge in [0.1, 0.15) is 34.8 Å². The number of hydrogen-bond acceptors (Lipinski definition) is 3. The lowest BCUT2D eigenvalue weighted by molar-refractivity contribution is 0.465. The van der Waals surface area contributed by atoms with Gasteiger partial charge in [0.2, 0.25) is 0 Å². The van der Waals surface area contributed by atoms with Crippen molar-refractivity contribution >= 4 is 0 Å². The highest BCUT2D eigenvalue weighted by Crippen LogP contribution is 2.26. The molecule has 3 nitrogen and oxygen atoms in total. The smallest absolute Gasteiger partial charge is 0.126 e. The maximum atomic E-state index is 13.1. The van der Waals surface area contributed by atoms with Gasteiger partial charge in [0.15, 0.2) is 0 Å². The van der Waals surface area contributed by atoms with E-state index in [9.17, 15) is 22.7 Å². The number of aryl methyl sites for hydroxylation is 6. The first-order valence-electron chi connectivity index (χ1n) is 36.6. The number of phenolic OH excluding ortho intramolecular Hbond substituents is 2. The molecule has 0 amide bonds. The number of rotatable bonds is 10. The number of halogens is 4. The predicted molar refractivity (Wildman–Crippen MR) is 462 cm³/mol. The van der Waals surface area contributed by atoms with Crippen molar-refractivity contribution in [3.8, 4) is 11.5 Å². The number of para-hydroxylation sites is 1. The molecule has 0 aliphatic rings. The van der Waals surface area contributed by atoms with E-state index in [1.54, 1.807) is 30.3 Å². The van der Waals surface area contributed by atoms with Crippen molar-refractivity contribution in [1.82, 2.24) is 4.98 Å². The number of benzene rings is 9. The molecule has 0 bridgehead atoms. The van der Waals surface area contributed by atoms with Crippen LogP contribution in [0.2, 0.25) is 0 Å². The van der Waals surface area contributed by atoms with E-state index in [4.69, 9.17) is 5.11 Å². The minimum absolute atomic E-state index is 0. The SMILES string of the molecule is C.C.C.C.CC(C)c1cc(F)ccc1F.CC(C)c1cccc(O)c1.CC(C)c1ccccc1F.CC(C)c1ccccc1O.Cc1cc(C(C)C)ccn1.Cc1ccc(C(C)C)c(F)c1.Cc1ccc(C(C)C)cc1.Cc1ccc(C(C)C)cc1.Cc1cccc(C(C)C)c1.Cc1ccccc1C(C)C. The van der Waals surface area contributed by atoms with E-state index < -0.39 is 0 Å². The molecule has 7 heteroatoms. The molecule has 10 rings (SSSR count). The molecule has 0 spiro atoms. The molecule has 0 atom stereocenters. The average Bonchev–Trinajstić information content (AvgIpc) is 0.875. The zero-order chi connectivity index (χ0) is 77.3. The van der Waals surface area contributed by atoms with Crippen molar-refractivity contribution in [2.75, 3.05) is 0 Å². The van der Waals surface area contributed by atoms with E-state index in [0.717, 1.165) is 40.1 Å². The summed E-state index contributed by atoms with van der Waals surface area (Å²) in [5, 5.41) is 18.3. The predicted octanol–water partition coefficient (Wildman–Crippen LogP) is 31.9. The highest BCUT2D eigenvalue weighted by molar-refractivity contribution is 5.35. The Morgan fingerprint density at radius 1 is 0.255 bits per heavy atom. The van der Waals surface area contributed by atoms with Crippen LogP contribution in [0, 0.1) is 64.8 Å². The molecule has 0 unspecified atom stereocenters. The highest BCUT2D eigenvalue weighted by atomic mass is 19.1. The van der Waals surface area contributed by atoms with E-state index in [1.165, 1.54) is 67.8 Å². The van der Waals surface area contributed by atoms with Crippen molar-refractivity contribution in [1.29, 1.82) is 0 Å². The second-order valence-electron chi connectivity index (χ2n) is 29.2. The van der Waals surface area contributed by atoms with E-state index in [1.807, 2.05) is 116 Å². The Kier molecular flexibility index (Phi) is 54.7. The van der Waals surface area contributed by atoms with Crippen LogP contribution in [-0.2, 0) is 0 Å². The summed E-state index contributed by atoms with van der Waals surface area (Å²) in [6.45, 7) is 54.5. The lowest BCUT2D eigenvalue weighted by Crippen LogP contribution is -1.93. The fourth-order valence-electron chi connectivity index (χ4n) is 9.95. The monoisotopic (exact) mass is 1450 g/mol. The standard InChI is InChI=1S/C10H13F.4C10H14.C9H10F2.C9H11F.C9H13N.2C9H12O.4CH4/c1-7(2)9-5-4-8(3)6-10(9)11;2*1-8(2)10-6-4-9(3)5-7-10;1-8(2)10-6-4-5-9(3)7-10;1-8(2)10-7-5-4-6-9(10)3;1-6(2)8-5-7(10)3-4-9(8)11;1-7(2)8-5-3-4-6-9(8)10;1-7(2)9-4-5-10-8(3)6-9;1-7(2)8-4-3-5-9(10)6-8;1-7(2)8-5-3-4-6-9(8)10;;;;/h4-7H,1-3H3;4*4-8H,1-3H3;3-6H,1-2H3;3-7H,1-2H3;4-7H,1-3H3;2*3-7,10H,1-2H3;4*1H4. The number of phenols is 2. The summed E-state index contributed by atoms with van der Waals surface area (Å²) >= 11 is 0. The van der Waals surface area contributed by atoms with Gasteiger partial charge in [0.05, 0.1) is 0 Å². The van der Waals surface area contributed by atoms with E-state index in [-0.39, 0.29) is 70.7 Å². The summed E-state index contributed by atoms with van der Waals surface area (Å²) in [4.78, 5) is 4.12. The van der Waals surface area contributed by atoms with E-state index in [2.05, 4.69) is 239 Å². The van der Waals surface area contributed by atoms with Gasteiger partial charge in [-0.3, -0.25) is 4.98 Å². The number of hydrogen-bond donors (Lipinski definition) is 2. The van der Waals surface area contributed by atoms with Crippen LogP contribution in [0.25, 0.3) is 0 Å². The van der Waals surface area contributed by atoms with Gasteiger partial charge in [-0.25, -0.2) is 17.6 Å². The van der Waals surface area contributed by atoms with Crippen LogP contribution >= 0.6 is 0 Å². The van der Waals surface area contributed by atoms with Gasteiger partial charge in [-0.1, -0.05) is 343 Å². The Bertz CT molecular complexity index is 3590. The fourth-order valence-corrected chi connectivity index (χ4v) is 9.95. The minimum Gasteiger partial charge on any atom is -0.508 e. The van der Waals surface area contributed by atoms with Gasteiger partial charge >= 0.3 is 0 Å². The van der Waals surface area contributed by atoms with Gasteiger partial charge < -0.3 is 10.2 Å². The number of aromatic nitrogens is 1. The number of pyridine rings is 1. The Labute approximate surface area is 646 Å². The summed E-state index contributed by atoms with van der Waals surface area (Å²) in [5.41, 5.74) is 18.8. The molecule has 0 saturated heterocycles. The van der Waals surface area contributed by atoms with Gasteiger partial charge in [-0.05, 0) is 228 Å². The third-order valence-corrected chi connectivity index (χ3v) is 16.6. The van der Waals surface area contributed by atoms with Crippen molar-refractivity contribution in [2.45, 2.75) is 269 Å². The highest BCUT2D eigenvalue weighted by Gasteiger charge is 2.09. The number of aromatic hydroxyl groups is 2. The molecule has 0 radical (unpaired) electrons.